The van der Waals surface area contributed by atoms with E-state index in [0.29, 0.717) is 39.1 Å². The van der Waals surface area contributed by atoms with Crippen molar-refractivity contribution >= 4 is 11.9 Å². The van der Waals surface area contributed by atoms with E-state index in [4.69, 9.17) is 9.47 Å². The fourth-order valence-corrected chi connectivity index (χ4v) is 2.04. The summed E-state index contributed by atoms with van der Waals surface area (Å²) in [6.07, 6.45) is 1.10. The van der Waals surface area contributed by atoms with Crippen molar-refractivity contribution in [1.29, 1.82) is 0 Å². The number of piperazine rings is 1. The molecule has 0 spiro atoms. The second kappa shape index (κ2) is 8.12. The zero-order valence-corrected chi connectivity index (χ0v) is 12.0. The Bertz CT molecular complexity index is 309. The third-order valence-electron chi connectivity index (χ3n) is 3.29. The van der Waals surface area contributed by atoms with Crippen LogP contribution in [0.2, 0.25) is 0 Å². The highest BCUT2D eigenvalue weighted by Crippen LogP contribution is 2.10. The van der Waals surface area contributed by atoms with Gasteiger partial charge in [0.05, 0.1) is 12.7 Å². The van der Waals surface area contributed by atoms with Gasteiger partial charge >= 0.3 is 5.97 Å². The molecule has 1 amide bonds. The molecule has 0 aliphatic carbocycles. The van der Waals surface area contributed by atoms with Gasteiger partial charge in [0.1, 0.15) is 6.04 Å². The molecule has 0 radical (unpaired) electrons. The molecule has 110 valence electrons. The summed E-state index contributed by atoms with van der Waals surface area (Å²) in [5.74, 6) is -0.341. The summed E-state index contributed by atoms with van der Waals surface area (Å²) in [7, 11) is 1.63. The van der Waals surface area contributed by atoms with E-state index < -0.39 is 6.04 Å². The van der Waals surface area contributed by atoms with Gasteiger partial charge in [-0.05, 0) is 20.3 Å². The third kappa shape index (κ3) is 4.80. The molecule has 0 aromatic heterocycles. The first-order valence-corrected chi connectivity index (χ1v) is 6.79. The Morgan fingerprint density at radius 3 is 2.84 bits per heavy atom. The molecular formula is C13H24N2O4. The summed E-state index contributed by atoms with van der Waals surface area (Å²) in [5, 5.41) is 3.12. The first-order valence-electron chi connectivity index (χ1n) is 6.79. The van der Waals surface area contributed by atoms with E-state index in [1.54, 1.807) is 18.9 Å². The van der Waals surface area contributed by atoms with E-state index in [1.807, 2.05) is 6.92 Å². The Labute approximate surface area is 114 Å². The number of rotatable bonds is 6. The van der Waals surface area contributed by atoms with Gasteiger partial charge < -0.3 is 19.7 Å². The molecule has 2 unspecified atom stereocenters. The summed E-state index contributed by atoms with van der Waals surface area (Å²) in [4.78, 5) is 25.6. The standard InChI is InChI=1S/C13H24N2O4/c1-4-19-13(17)11-9-14-7-8-15(11)12(16)6-5-10(2)18-3/h10-11,14H,4-9H2,1-3H3. The maximum Gasteiger partial charge on any atom is 0.330 e. The monoisotopic (exact) mass is 272 g/mol. The van der Waals surface area contributed by atoms with Crippen LogP contribution in [-0.4, -0.2) is 62.3 Å². The number of nitrogens with zero attached hydrogens (tertiary/aromatic N) is 1. The van der Waals surface area contributed by atoms with Crippen molar-refractivity contribution in [2.24, 2.45) is 0 Å². The molecule has 1 heterocycles. The molecule has 0 saturated carbocycles. The number of ether oxygens (including phenoxy) is 2. The molecule has 6 heteroatoms. The van der Waals surface area contributed by atoms with Crippen molar-refractivity contribution < 1.29 is 19.1 Å². The van der Waals surface area contributed by atoms with E-state index in [2.05, 4.69) is 5.32 Å². The topological polar surface area (TPSA) is 67.9 Å². The maximum atomic E-state index is 12.2. The van der Waals surface area contributed by atoms with Crippen molar-refractivity contribution in [3.8, 4) is 0 Å². The van der Waals surface area contributed by atoms with Crippen LogP contribution in [-0.2, 0) is 19.1 Å². The molecule has 1 aliphatic heterocycles. The Morgan fingerprint density at radius 1 is 1.47 bits per heavy atom. The van der Waals surface area contributed by atoms with E-state index in [9.17, 15) is 9.59 Å². The SMILES string of the molecule is CCOC(=O)C1CNCCN1C(=O)CCC(C)OC. The molecule has 0 aromatic carbocycles. The minimum absolute atomic E-state index is 0.0107. The third-order valence-corrected chi connectivity index (χ3v) is 3.29. The van der Waals surface area contributed by atoms with Crippen LogP contribution < -0.4 is 5.32 Å². The van der Waals surface area contributed by atoms with Crippen molar-refractivity contribution in [2.75, 3.05) is 33.4 Å². The van der Waals surface area contributed by atoms with E-state index >= 15 is 0 Å². The minimum Gasteiger partial charge on any atom is -0.464 e. The average molecular weight is 272 g/mol. The van der Waals surface area contributed by atoms with Crippen molar-refractivity contribution in [1.82, 2.24) is 10.2 Å². The van der Waals surface area contributed by atoms with Crippen LogP contribution in [0.25, 0.3) is 0 Å². The average Bonchev–Trinajstić information content (AvgIpc) is 2.44. The van der Waals surface area contributed by atoms with Crippen molar-refractivity contribution in [3.63, 3.8) is 0 Å². The summed E-state index contributed by atoms with van der Waals surface area (Å²) in [6.45, 7) is 5.74. The fourth-order valence-electron chi connectivity index (χ4n) is 2.04. The van der Waals surface area contributed by atoms with Gasteiger partial charge in [0, 0.05) is 33.2 Å². The number of methoxy groups -OCH3 is 1. The lowest BCUT2D eigenvalue weighted by molar-refractivity contribution is -0.156. The van der Waals surface area contributed by atoms with E-state index in [-0.39, 0.29) is 18.0 Å². The van der Waals surface area contributed by atoms with E-state index in [1.165, 1.54) is 0 Å². The predicted molar refractivity (Wildman–Crippen MR) is 70.7 cm³/mol. The van der Waals surface area contributed by atoms with Crippen LogP contribution in [0, 0.1) is 0 Å². The largest absolute Gasteiger partial charge is 0.464 e. The lowest BCUT2D eigenvalue weighted by atomic mass is 10.1. The maximum absolute atomic E-state index is 12.2. The van der Waals surface area contributed by atoms with Gasteiger partial charge in [0.2, 0.25) is 5.91 Å². The summed E-state index contributed by atoms with van der Waals surface area (Å²) >= 11 is 0. The van der Waals surface area contributed by atoms with Crippen molar-refractivity contribution in [3.05, 3.63) is 0 Å². The molecule has 1 rings (SSSR count). The zero-order chi connectivity index (χ0) is 14.3. The summed E-state index contributed by atoms with van der Waals surface area (Å²) < 4.78 is 10.1. The van der Waals surface area contributed by atoms with Crippen LogP contribution in [0.5, 0.6) is 0 Å². The number of carbonyl (C=O) groups excluding carboxylic acids is 2. The molecule has 0 aromatic rings. The molecule has 2 atom stereocenters. The number of esters is 1. The van der Waals surface area contributed by atoms with Gasteiger partial charge in [-0.1, -0.05) is 0 Å². The number of carbonyl (C=O) groups is 2. The Balaban J connectivity index is 2.55. The quantitative estimate of drug-likeness (QED) is 0.698. The molecule has 1 saturated heterocycles. The Morgan fingerprint density at radius 2 is 2.21 bits per heavy atom. The number of amides is 1. The zero-order valence-electron chi connectivity index (χ0n) is 12.0. The van der Waals surface area contributed by atoms with Crippen LogP contribution in [0.15, 0.2) is 0 Å². The number of hydrogen-bond acceptors (Lipinski definition) is 5. The van der Waals surface area contributed by atoms with Crippen molar-refractivity contribution in [2.45, 2.75) is 38.8 Å². The molecule has 1 aliphatic rings. The Kier molecular flexibility index (Phi) is 6.80. The van der Waals surface area contributed by atoms with Crippen LogP contribution in [0.3, 0.4) is 0 Å². The van der Waals surface area contributed by atoms with Crippen LogP contribution >= 0.6 is 0 Å². The van der Waals surface area contributed by atoms with Crippen LogP contribution in [0.4, 0.5) is 0 Å². The normalized spacial score (nSPS) is 21.0. The molecule has 1 fully saturated rings. The lowest BCUT2D eigenvalue weighted by Gasteiger charge is -2.34. The smallest absolute Gasteiger partial charge is 0.330 e. The fraction of sp³-hybridized carbons (Fsp3) is 0.846. The van der Waals surface area contributed by atoms with Crippen LogP contribution in [0.1, 0.15) is 26.7 Å². The van der Waals surface area contributed by atoms with E-state index in [0.717, 1.165) is 0 Å². The summed E-state index contributed by atoms with van der Waals surface area (Å²) in [5.41, 5.74) is 0. The second-order valence-corrected chi connectivity index (χ2v) is 4.64. The summed E-state index contributed by atoms with van der Waals surface area (Å²) in [6, 6.07) is -0.501. The lowest BCUT2D eigenvalue weighted by Crippen LogP contribution is -2.57. The number of nitrogens with one attached hydrogen (secondary N) is 1. The second-order valence-electron chi connectivity index (χ2n) is 4.64. The molecule has 19 heavy (non-hydrogen) atoms. The highest BCUT2D eigenvalue weighted by atomic mass is 16.5. The first-order chi connectivity index (χ1) is 9.10. The minimum atomic E-state index is -0.501. The highest BCUT2D eigenvalue weighted by molar-refractivity contribution is 5.85. The molecule has 0 bridgehead atoms. The number of hydrogen-bond donors (Lipinski definition) is 1. The molecular weight excluding hydrogens is 248 g/mol. The van der Waals surface area contributed by atoms with Gasteiger partial charge in [-0.15, -0.1) is 0 Å². The predicted octanol–water partition coefficient (Wildman–Crippen LogP) is 0.165. The molecule has 1 N–H and O–H groups in total. The Hall–Kier alpha value is -1.14. The van der Waals surface area contributed by atoms with Gasteiger partial charge in [0.25, 0.3) is 0 Å². The van der Waals surface area contributed by atoms with Gasteiger partial charge in [-0.25, -0.2) is 4.79 Å². The van der Waals surface area contributed by atoms with Gasteiger partial charge in [-0.2, -0.15) is 0 Å². The van der Waals surface area contributed by atoms with Gasteiger partial charge in [-0.3, -0.25) is 4.79 Å². The van der Waals surface area contributed by atoms with Gasteiger partial charge in [0.15, 0.2) is 0 Å². The molecule has 6 nitrogen and oxygen atoms in total. The highest BCUT2D eigenvalue weighted by Gasteiger charge is 2.32. The first kappa shape index (κ1) is 15.9.